The second-order valence-electron chi connectivity index (χ2n) is 3.36. The molecule has 1 rings (SSSR count). The molecule has 1 unspecified atom stereocenters. The minimum Gasteiger partial charge on any atom is -0.328 e. The smallest absolute Gasteiger partial charge is 0.0118 e. The van der Waals surface area contributed by atoms with Crippen LogP contribution in [0.4, 0.5) is 0 Å². The highest BCUT2D eigenvalue weighted by Gasteiger charge is 2.25. The molecular weight excluding hydrogens is 130 g/mol. The minimum atomic E-state index is 0.442. The van der Waals surface area contributed by atoms with Crippen molar-refractivity contribution in [1.29, 1.82) is 0 Å². The Morgan fingerprint density at radius 3 is 2.56 bits per heavy atom. The van der Waals surface area contributed by atoms with Crippen molar-refractivity contribution in [2.45, 2.75) is 37.5 Å². The summed E-state index contributed by atoms with van der Waals surface area (Å²) in [4.78, 5) is 0. The summed E-state index contributed by atoms with van der Waals surface area (Å²) in [5.74, 6) is 1.24. The van der Waals surface area contributed by atoms with Gasteiger partial charge in [0.25, 0.3) is 0 Å². The molecule has 1 saturated heterocycles. The number of hydrogen-bond acceptors (Lipinski definition) is 2. The molecule has 1 atom stereocenters. The number of hydrogen-bond donors (Lipinski definition) is 1. The standard InChI is InChI=1S/C7H15NS/c1-7(2)5-6(8)3-4-9-7/h6H,3-5,8H2,1-2H3. The average Bonchev–Trinajstić information content (AvgIpc) is 1.60. The second kappa shape index (κ2) is 2.51. The molecule has 1 heterocycles. The molecule has 0 radical (unpaired) electrons. The van der Waals surface area contributed by atoms with E-state index in [9.17, 15) is 0 Å². The van der Waals surface area contributed by atoms with Crippen molar-refractivity contribution in [1.82, 2.24) is 0 Å². The zero-order valence-corrected chi connectivity index (χ0v) is 7.00. The van der Waals surface area contributed by atoms with E-state index in [1.807, 2.05) is 11.8 Å². The molecule has 54 valence electrons. The Kier molecular flexibility index (Phi) is 2.07. The number of thioether (sulfide) groups is 1. The Morgan fingerprint density at radius 1 is 1.56 bits per heavy atom. The summed E-state index contributed by atoms with van der Waals surface area (Å²) >= 11 is 2.04. The van der Waals surface area contributed by atoms with Crippen molar-refractivity contribution in [2.24, 2.45) is 5.73 Å². The molecule has 0 aromatic heterocycles. The zero-order chi connectivity index (χ0) is 6.91. The molecule has 2 heteroatoms. The minimum absolute atomic E-state index is 0.442. The fourth-order valence-electron chi connectivity index (χ4n) is 1.28. The summed E-state index contributed by atoms with van der Waals surface area (Å²) in [5.41, 5.74) is 5.80. The Labute approximate surface area is 61.4 Å². The Balaban J connectivity index is 2.41. The molecule has 2 N–H and O–H groups in total. The third-order valence-corrected chi connectivity index (χ3v) is 3.12. The first kappa shape index (κ1) is 7.42. The molecule has 1 aliphatic heterocycles. The first-order valence-corrected chi connectivity index (χ1v) is 4.48. The zero-order valence-electron chi connectivity index (χ0n) is 6.18. The van der Waals surface area contributed by atoms with E-state index in [-0.39, 0.29) is 0 Å². The Bertz CT molecular complexity index is 101. The van der Waals surface area contributed by atoms with Crippen LogP contribution in [0.2, 0.25) is 0 Å². The molecule has 0 aromatic rings. The van der Waals surface area contributed by atoms with E-state index >= 15 is 0 Å². The molecule has 1 nitrogen and oxygen atoms in total. The molecule has 0 aliphatic carbocycles. The molecule has 9 heavy (non-hydrogen) atoms. The molecule has 1 fully saturated rings. The van der Waals surface area contributed by atoms with Crippen LogP contribution in [0, 0.1) is 0 Å². The second-order valence-corrected chi connectivity index (χ2v) is 5.16. The normalized spacial score (nSPS) is 34.3. The van der Waals surface area contributed by atoms with Crippen molar-refractivity contribution in [3.8, 4) is 0 Å². The van der Waals surface area contributed by atoms with Crippen molar-refractivity contribution in [3.05, 3.63) is 0 Å². The van der Waals surface area contributed by atoms with E-state index in [0.717, 1.165) is 0 Å². The van der Waals surface area contributed by atoms with Crippen LogP contribution in [0.25, 0.3) is 0 Å². The topological polar surface area (TPSA) is 26.0 Å². The van der Waals surface area contributed by atoms with Gasteiger partial charge in [0, 0.05) is 10.8 Å². The van der Waals surface area contributed by atoms with Gasteiger partial charge in [0.2, 0.25) is 0 Å². The van der Waals surface area contributed by atoms with Crippen LogP contribution in [-0.4, -0.2) is 16.5 Å². The van der Waals surface area contributed by atoms with E-state index in [4.69, 9.17) is 5.73 Å². The van der Waals surface area contributed by atoms with Crippen molar-refractivity contribution >= 4 is 11.8 Å². The van der Waals surface area contributed by atoms with Gasteiger partial charge in [-0.05, 0) is 18.6 Å². The highest BCUT2D eigenvalue weighted by molar-refractivity contribution is 8.00. The summed E-state index contributed by atoms with van der Waals surface area (Å²) < 4.78 is 0.442. The van der Waals surface area contributed by atoms with E-state index in [1.54, 1.807) is 0 Å². The highest BCUT2D eigenvalue weighted by Crippen LogP contribution is 2.34. The lowest BCUT2D eigenvalue weighted by atomic mass is 10.0. The first-order chi connectivity index (χ1) is 4.10. The predicted molar refractivity (Wildman–Crippen MR) is 43.7 cm³/mol. The van der Waals surface area contributed by atoms with Crippen LogP contribution in [0.1, 0.15) is 26.7 Å². The van der Waals surface area contributed by atoms with Crippen molar-refractivity contribution in [3.63, 3.8) is 0 Å². The summed E-state index contributed by atoms with van der Waals surface area (Å²) in [6.07, 6.45) is 2.38. The van der Waals surface area contributed by atoms with Crippen molar-refractivity contribution < 1.29 is 0 Å². The molecule has 0 spiro atoms. The van der Waals surface area contributed by atoms with E-state index in [1.165, 1.54) is 18.6 Å². The van der Waals surface area contributed by atoms with Crippen LogP contribution in [0.5, 0.6) is 0 Å². The molecule has 0 saturated carbocycles. The maximum absolute atomic E-state index is 5.80. The van der Waals surface area contributed by atoms with Crippen LogP contribution in [-0.2, 0) is 0 Å². The third-order valence-electron chi connectivity index (χ3n) is 1.74. The molecule has 0 amide bonds. The molecule has 0 bridgehead atoms. The molecular formula is C7H15NS. The highest BCUT2D eigenvalue weighted by atomic mass is 32.2. The van der Waals surface area contributed by atoms with Crippen molar-refractivity contribution in [2.75, 3.05) is 5.75 Å². The monoisotopic (exact) mass is 145 g/mol. The first-order valence-electron chi connectivity index (χ1n) is 3.50. The van der Waals surface area contributed by atoms with Gasteiger partial charge in [-0.25, -0.2) is 0 Å². The van der Waals surface area contributed by atoms with Gasteiger partial charge >= 0.3 is 0 Å². The number of rotatable bonds is 0. The lowest BCUT2D eigenvalue weighted by molar-refractivity contribution is 0.502. The SMILES string of the molecule is CC1(C)CC(N)CCS1. The maximum Gasteiger partial charge on any atom is 0.0118 e. The van der Waals surface area contributed by atoms with Crippen LogP contribution >= 0.6 is 11.8 Å². The van der Waals surface area contributed by atoms with Gasteiger partial charge in [0.15, 0.2) is 0 Å². The van der Waals surface area contributed by atoms with Crippen LogP contribution in [0.15, 0.2) is 0 Å². The molecule has 1 aliphatic rings. The predicted octanol–water partition coefficient (Wildman–Crippen LogP) is 1.62. The van der Waals surface area contributed by atoms with Gasteiger partial charge in [0.05, 0.1) is 0 Å². The number of nitrogens with two attached hydrogens (primary N) is 1. The maximum atomic E-state index is 5.80. The van der Waals surface area contributed by atoms with Gasteiger partial charge in [-0.3, -0.25) is 0 Å². The van der Waals surface area contributed by atoms with Crippen LogP contribution < -0.4 is 5.73 Å². The van der Waals surface area contributed by atoms with E-state index < -0.39 is 0 Å². The lowest BCUT2D eigenvalue weighted by Gasteiger charge is -2.32. The van der Waals surface area contributed by atoms with Gasteiger partial charge < -0.3 is 5.73 Å². The summed E-state index contributed by atoms with van der Waals surface area (Å²) in [6, 6.07) is 0.459. The largest absolute Gasteiger partial charge is 0.328 e. The fraction of sp³-hybridized carbons (Fsp3) is 1.00. The van der Waals surface area contributed by atoms with Gasteiger partial charge in [-0.1, -0.05) is 13.8 Å². The van der Waals surface area contributed by atoms with E-state index in [2.05, 4.69) is 13.8 Å². The summed E-state index contributed by atoms with van der Waals surface area (Å²) in [7, 11) is 0. The average molecular weight is 145 g/mol. The van der Waals surface area contributed by atoms with E-state index in [0.29, 0.717) is 10.8 Å². The quantitative estimate of drug-likeness (QED) is 0.560. The third kappa shape index (κ3) is 2.18. The van der Waals surface area contributed by atoms with Gasteiger partial charge in [-0.2, -0.15) is 11.8 Å². The van der Waals surface area contributed by atoms with Gasteiger partial charge in [-0.15, -0.1) is 0 Å². The fourth-order valence-corrected chi connectivity index (χ4v) is 2.58. The lowest BCUT2D eigenvalue weighted by Crippen LogP contribution is -2.35. The molecule has 0 aromatic carbocycles. The summed E-state index contributed by atoms with van der Waals surface area (Å²) in [6.45, 7) is 4.55. The summed E-state index contributed by atoms with van der Waals surface area (Å²) in [5, 5.41) is 0. The van der Waals surface area contributed by atoms with Gasteiger partial charge in [0.1, 0.15) is 0 Å². The Hall–Kier alpha value is 0.310. The van der Waals surface area contributed by atoms with Crippen LogP contribution in [0.3, 0.4) is 0 Å². The Morgan fingerprint density at radius 2 is 2.22 bits per heavy atom.